The molecule has 1 amide bonds. The number of rotatable bonds is 3. The Bertz CT molecular complexity index is 496. The molecular weight excluding hydrogens is 248 g/mol. The zero-order chi connectivity index (χ0) is 13.0. The summed E-state index contributed by atoms with van der Waals surface area (Å²) in [6.45, 7) is 3.36. The van der Waals surface area contributed by atoms with Crippen molar-refractivity contribution < 1.29 is 9.53 Å². The van der Waals surface area contributed by atoms with E-state index in [0.29, 0.717) is 13.2 Å². The number of nitrogens with zero attached hydrogens (tertiary/aromatic N) is 2. The van der Waals surface area contributed by atoms with E-state index in [1.165, 1.54) is 0 Å². The van der Waals surface area contributed by atoms with E-state index in [4.69, 9.17) is 10.00 Å². The van der Waals surface area contributed by atoms with Crippen molar-refractivity contribution in [3.63, 3.8) is 0 Å². The lowest BCUT2D eigenvalue weighted by molar-refractivity contribution is -0.125. The molecule has 94 valence electrons. The molecule has 0 atom stereocenters. The highest BCUT2D eigenvalue weighted by Crippen LogP contribution is 2.28. The van der Waals surface area contributed by atoms with Gasteiger partial charge in [-0.15, -0.1) is 0 Å². The number of amides is 1. The molecule has 0 saturated carbocycles. The van der Waals surface area contributed by atoms with Crippen LogP contribution in [0.5, 0.6) is 0 Å². The summed E-state index contributed by atoms with van der Waals surface area (Å²) >= 11 is 1.14. The van der Waals surface area contributed by atoms with Gasteiger partial charge in [0.1, 0.15) is 12.0 Å². The lowest BCUT2D eigenvalue weighted by Crippen LogP contribution is -2.42. The van der Waals surface area contributed by atoms with Gasteiger partial charge in [0.25, 0.3) is 5.91 Å². The summed E-state index contributed by atoms with van der Waals surface area (Å²) in [5.41, 5.74) is 2.03. The average molecular weight is 262 g/mol. The summed E-state index contributed by atoms with van der Waals surface area (Å²) < 4.78 is 5.13. The van der Waals surface area contributed by atoms with Crippen molar-refractivity contribution in [1.29, 1.82) is 5.26 Å². The Labute approximate surface area is 111 Å². The van der Waals surface area contributed by atoms with Crippen LogP contribution in [0.2, 0.25) is 0 Å². The molecule has 0 aliphatic carbocycles. The lowest BCUT2D eigenvalue weighted by Gasteiger charge is -2.28. The molecule has 1 aromatic carbocycles. The Morgan fingerprint density at radius 1 is 1.56 bits per heavy atom. The highest BCUT2D eigenvalue weighted by Gasteiger charge is 2.22. The van der Waals surface area contributed by atoms with Crippen LogP contribution in [0.4, 0.5) is 5.69 Å². The third-order valence-corrected chi connectivity index (χ3v) is 3.45. The first-order valence-corrected chi connectivity index (χ1v) is 6.65. The van der Waals surface area contributed by atoms with Gasteiger partial charge < -0.3 is 9.64 Å². The van der Waals surface area contributed by atoms with E-state index >= 15 is 0 Å². The van der Waals surface area contributed by atoms with Crippen molar-refractivity contribution in [2.45, 2.75) is 18.2 Å². The van der Waals surface area contributed by atoms with Crippen molar-refractivity contribution in [2.75, 3.05) is 24.7 Å². The van der Waals surface area contributed by atoms with Crippen molar-refractivity contribution in [2.24, 2.45) is 0 Å². The van der Waals surface area contributed by atoms with Crippen molar-refractivity contribution in [1.82, 2.24) is 0 Å². The SMILES string of the molecule is CCc1cc(SC#N)ccc1N1CCOCC1=O. The maximum absolute atomic E-state index is 11.8. The first-order valence-electron chi connectivity index (χ1n) is 5.83. The van der Waals surface area contributed by atoms with E-state index in [0.717, 1.165) is 34.3 Å². The minimum absolute atomic E-state index is 0.00311. The van der Waals surface area contributed by atoms with Crippen LogP contribution in [0.25, 0.3) is 0 Å². The Hall–Kier alpha value is -1.51. The Morgan fingerprint density at radius 2 is 2.39 bits per heavy atom. The predicted octanol–water partition coefficient (Wildman–Crippen LogP) is 2.19. The summed E-state index contributed by atoms with van der Waals surface area (Å²) in [4.78, 5) is 14.5. The minimum Gasteiger partial charge on any atom is -0.370 e. The molecule has 5 heteroatoms. The van der Waals surface area contributed by atoms with Crippen molar-refractivity contribution >= 4 is 23.4 Å². The topological polar surface area (TPSA) is 53.3 Å². The van der Waals surface area contributed by atoms with Crippen molar-refractivity contribution in [3.05, 3.63) is 23.8 Å². The number of anilines is 1. The largest absolute Gasteiger partial charge is 0.370 e. The number of nitriles is 1. The molecule has 0 unspecified atom stereocenters. The van der Waals surface area contributed by atoms with Crippen LogP contribution in [0.1, 0.15) is 12.5 Å². The average Bonchev–Trinajstić information content (AvgIpc) is 2.40. The summed E-state index contributed by atoms with van der Waals surface area (Å²) in [7, 11) is 0. The first kappa shape index (κ1) is 12.9. The Kier molecular flexibility index (Phi) is 4.24. The van der Waals surface area contributed by atoms with E-state index in [9.17, 15) is 4.79 Å². The van der Waals surface area contributed by atoms with E-state index in [1.54, 1.807) is 4.90 Å². The molecule has 1 heterocycles. The van der Waals surface area contributed by atoms with Gasteiger partial charge in [0.15, 0.2) is 0 Å². The van der Waals surface area contributed by atoms with Crippen LogP contribution in [-0.2, 0) is 16.0 Å². The number of thiocyanates is 1. The Morgan fingerprint density at radius 3 is 3.06 bits per heavy atom. The second-order valence-electron chi connectivity index (χ2n) is 3.94. The van der Waals surface area contributed by atoms with Gasteiger partial charge >= 0.3 is 0 Å². The summed E-state index contributed by atoms with van der Waals surface area (Å²) in [5.74, 6) is -0.00311. The van der Waals surface area contributed by atoms with Gasteiger partial charge in [0.05, 0.1) is 6.61 Å². The smallest absolute Gasteiger partial charge is 0.253 e. The van der Waals surface area contributed by atoms with Gasteiger partial charge in [-0.2, -0.15) is 5.26 Å². The first-order chi connectivity index (χ1) is 8.76. The predicted molar refractivity (Wildman–Crippen MR) is 70.5 cm³/mol. The standard InChI is InChI=1S/C13H14N2O2S/c1-2-10-7-11(18-9-14)3-4-12(10)15-5-6-17-8-13(15)16/h3-4,7H,2,5-6,8H2,1H3. The lowest BCUT2D eigenvalue weighted by atomic mass is 10.1. The monoisotopic (exact) mass is 262 g/mol. The molecule has 2 rings (SSSR count). The third kappa shape index (κ3) is 2.66. The normalized spacial score (nSPS) is 15.6. The maximum atomic E-state index is 11.8. The van der Waals surface area contributed by atoms with Crippen LogP contribution < -0.4 is 4.90 Å². The van der Waals surface area contributed by atoms with E-state index in [1.807, 2.05) is 25.1 Å². The molecule has 0 radical (unpaired) electrons. The van der Waals surface area contributed by atoms with Crippen LogP contribution in [0.15, 0.2) is 23.1 Å². The molecule has 0 aromatic heterocycles. The zero-order valence-corrected chi connectivity index (χ0v) is 11.0. The van der Waals surface area contributed by atoms with Gasteiger partial charge in [-0.25, -0.2) is 0 Å². The van der Waals surface area contributed by atoms with Gasteiger partial charge in [-0.1, -0.05) is 6.92 Å². The fourth-order valence-corrected chi connectivity index (χ4v) is 2.44. The summed E-state index contributed by atoms with van der Waals surface area (Å²) in [6, 6.07) is 5.78. The number of aryl methyl sites for hydroxylation is 1. The molecule has 1 fully saturated rings. The van der Waals surface area contributed by atoms with Gasteiger partial charge in [0.2, 0.25) is 0 Å². The molecule has 0 spiro atoms. The van der Waals surface area contributed by atoms with E-state index in [2.05, 4.69) is 5.40 Å². The van der Waals surface area contributed by atoms with Crippen molar-refractivity contribution in [3.8, 4) is 5.40 Å². The Balaban J connectivity index is 2.32. The van der Waals surface area contributed by atoms with Gasteiger partial charge in [-0.05, 0) is 41.9 Å². The molecule has 1 aromatic rings. The van der Waals surface area contributed by atoms with Crippen LogP contribution in [-0.4, -0.2) is 25.7 Å². The highest BCUT2D eigenvalue weighted by atomic mass is 32.2. The molecular formula is C13H14N2O2S. The maximum Gasteiger partial charge on any atom is 0.253 e. The van der Waals surface area contributed by atoms with Gasteiger partial charge in [0, 0.05) is 17.1 Å². The molecule has 0 bridgehead atoms. The third-order valence-electron chi connectivity index (χ3n) is 2.87. The number of hydrogen-bond donors (Lipinski definition) is 0. The highest BCUT2D eigenvalue weighted by molar-refractivity contribution is 8.03. The minimum atomic E-state index is -0.00311. The van der Waals surface area contributed by atoms with Crippen LogP contribution in [0.3, 0.4) is 0 Å². The van der Waals surface area contributed by atoms with E-state index < -0.39 is 0 Å². The number of ether oxygens (including phenoxy) is 1. The fourth-order valence-electron chi connectivity index (χ4n) is 2.00. The molecule has 1 saturated heterocycles. The van der Waals surface area contributed by atoms with Crippen LogP contribution in [0, 0.1) is 10.7 Å². The molecule has 4 nitrogen and oxygen atoms in total. The summed E-state index contributed by atoms with van der Waals surface area (Å²) in [6.07, 6.45) is 0.833. The number of hydrogen-bond acceptors (Lipinski definition) is 4. The number of thioether (sulfide) groups is 1. The fraction of sp³-hybridized carbons (Fsp3) is 0.385. The number of benzene rings is 1. The number of carbonyl (C=O) groups excluding carboxylic acids is 1. The number of morpholine rings is 1. The molecule has 1 aliphatic heterocycles. The van der Waals surface area contributed by atoms with Crippen LogP contribution >= 0.6 is 11.8 Å². The van der Waals surface area contributed by atoms with Gasteiger partial charge in [-0.3, -0.25) is 4.79 Å². The number of carbonyl (C=O) groups is 1. The molecule has 1 aliphatic rings. The second-order valence-corrected chi connectivity index (χ2v) is 4.79. The molecule has 18 heavy (non-hydrogen) atoms. The summed E-state index contributed by atoms with van der Waals surface area (Å²) in [5, 5.41) is 10.7. The zero-order valence-electron chi connectivity index (χ0n) is 10.2. The quantitative estimate of drug-likeness (QED) is 0.619. The molecule has 0 N–H and O–H groups in total. The second kappa shape index (κ2) is 5.89. The van der Waals surface area contributed by atoms with E-state index in [-0.39, 0.29) is 12.5 Å².